The molecule has 0 unspecified atom stereocenters. The van der Waals surface area contributed by atoms with E-state index in [1.165, 1.54) is 0 Å². The Hall–Kier alpha value is -0.900. The number of ether oxygens (including phenoxy) is 2. The van der Waals surface area contributed by atoms with Crippen molar-refractivity contribution in [2.75, 3.05) is 19.8 Å². The van der Waals surface area contributed by atoms with Gasteiger partial charge in [-0.2, -0.15) is 0 Å². The normalized spacial score (nSPS) is 10.4. The Labute approximate surface area is 142 Å². The van der Waals surface area contributed by atoms with Crippen LogP contribution in [0.1, 0.15) is 37.8 Å². The van der Waals surface area contributed by atoms with Crippen molar-refractivity contribution in [1.82, 2.24) is 0 Å². The monoisotopic (exact) mass is 346 g/mol. The molecule has 0 aliphatic heterocycles. The molecule has 1 aromatic rings. The third-order valence-electron chi connectivity index (χ3n) is 3.26. The highest BCUT2D eigenvalue weighted by Crippen LogP contribution is 2.31. The highest BCUT2D eigenvalue weighted by Gasteiger charge is 2.11. The summed E-state index contributed by atoms with van der Waals surface area (Å²) in [6.07, 6.45) is 4.95. The number of aryl methyl sites for hydroxylation is 2. The molecule has 0 atom stereocenters. The lowest BCUT2D eigenvalue weighted by atomic mass is 10.0. The molecule has 0 aromatic heterocycles. The summed E-state index contributed by atoms with van der Waals surface area (Å²) in [4.78, 5) is 0. The van der Waals surface area contributed by atoms with Crippen LogP contribution in [0.15, 0.2) is 22.7 Å². The molecule has 5 heteroatoms. The summed E-state index contributed by atoms with van der Waals surface area (Å²) in [6.45, 7) is 5.34. The number of halogens is 2. The molecule has 0 radical (unpaired) electrons. The smallest absolute Gasteiger partial charge is 0.125 e. The van der Waals surface area contributed by atoms with Gasteiger partial charge >= 0.3 is 0 Å². The lowest BCUT2D eigenvalue weighted by Gasteiger charge is -2.17. The van der Waals surface area contributed by atoms with Crippen molar-refractivity contribution in [2.24, 2.45) is 0 Å². The van der Waals surface area contributed by atoms with Crippen LogP contribution in [0, 0.1) is 0 Å². The van der Waals surface area contributed by atoms with Crippen LogP contribution in [-0.4, -0.2) is 24.9 Å². The van der Waals surface area contributed by atoms with Gasteiger partial charge in [0.25, 0.3) is 0 Å². The fourth-order valence-electron chi connectivity index (χ4n) is 2.11. The van der Waals surface area contributed by atoms with Crippen molar-refractivity contribution in [2.45, 2.75) is 39.5 Å². The highest BCUT2D eigenvalue weighted by atomic mass is 35.5. The van der Waals surface area contributed by atoms with Crippen molar-refractivity contribution in [1.29, 1.82) is 0 Å². The first kappa shape index (κ1) is 19.1. The average molecular weight is 347 g/mol. The number of hydrogen-bond donors (Lipinski definition) is 1. The van der Waals surface area contributed by atoms with Gasteiger partial charge in [-0.25, -0.2) is 0 Å². The van der Waals surface area contributed by atoms with E-state index in [0.717, 1.165) is 48.3 Å². The second-order valence-corrected chi connectivity index (χ2v) is 5.87. The van der Waals surface area contributed by atoms with Crippen LogP contribution in [0.2, 0.25) is 0 Å². The Morgan fingerprint density at radius 2 is 1.73 bits per heavy atom. The lowest BCUT2D eigenvalue weighted by molar-refractivity contribution is 0.251. The molecule has 0 aliphatic carbocycles. The number of hydrogen-bond acceptors (Lipinski definition) is 3. The van der Waals surface area contributed by atoms with E-state index in [-0.39, 0.29) is 11.1 Å². The molecule has 0 amide bonds. The Morgan fingerprint density at radius 1 is 1.09 bits per heavy atom. The molecule has 0 bridgehead atoms. The van der Waals surface area contributed by atoms with Gasteiger partial charge in [0.2, 0.25) is 0 Å². The predicted molar refractivity (Wildman–Crippen MR) is 92.3 cm³/mol. The fraction of sp³-hybridized carbons (Fsp3) is 0.529. The topological polar surface area (TPSA) is 38.7 Å². The van der Waals surface area contributed by atoms with E-state index in [4.69, 9.17) is 37.8 Å². The van der Waals surface area contributed by atoms with Crippen molar-refractivity contribution in [3.8, 4) is 11.5 Å². The highest BCUT2D eigenvalue weighted by molar-refractivity contribution is 6.55. The molecule has 0 aliphatic rings. The fourth-order valence-corrected chi connectivity index (χ4v) is 2.23. The van der Waals surface area contributed by atoms with E-state index < -0.39 is 0 Å². The molecular formula is C17H24Cl2O3. The average Bonchev–Trinajstić information content (AvgIpc) is 2.51. The summed E-state index contributed by atoms with van der Waals surface area (Å²) in [7, 11) is 0. The first-order valence-corrected chi connectivity index (χ1v) is 8.41. The summed E-state index contributed by atoms with van der Waals surface area (Å²) in [6, 6.07) is 3.99. The first-order valence-electron chi connectivity index (χ1n) is 7.65. The zero-order valence-electron chi connectivity index (χ0n) is 13.2. The summed E-state index contributed by atoms with van der Waals surface area (Å²) in [5.74, 6) is 1.74. The van der Waals surface area contributed by atoms with Gasteiger partial charge in [0.1, 0.15) is 22.6 Å². The summed E-state index contributed by atoms with van der Waals surface area (Å²) < 4.78 is 11.8. The predicted octanol–water partition coefficient (Wildman–Crippen LogP) is 4.66. The molecular weight excluding hydrogens is 323 g/mol. The zero-order valence-corrected chi connectivity index (χ0v) is 14.7. The summed E-state index contributed by atoms with van der Waals surface area (Å²) >= 11 is 11.2. The third kappa shape index (κ3) is 6.47. The van der Waals surface area contributed by atoms with Gasteiger partial charge in [-0.15, -0.1) is 0 Å². The minimum atomic E-state index is 0.202. The molecule has 3 nitrogen and oxygen atoms in total. The maximum absolute atomic E-state index is 8.83. The molecule has 124 valence electrons. The maximum atomic E-state index is 8.83. The minimum absolute atomic E-state index is 0.202. The molecule has 0 saturated carbocycles. The van der Waals surface area contributed by atoms with E-state index in [2.05, 4.69) is 13.8 Å². The number of benzene rings is 1. The Balaban J connectivity index is 2.85. The van der Waals surface area contributed by atoms with Gasteiger partial charge in [0, 0.05) is 6.61 Å². The quantitative estimate of drug-likeness (QED) is 0.626. The van der Waals surface area contributed by atoms with Crippen LogP contribution in [-0.2, 0) is 12.8 Å². The van der Waals surface area contributed by atoms with Crippen LogP contribution < -0.4 is 9.47 Å². The largest absolute Gasteiger partial charge is 0.493 e. The zero-order chi connectivity index (χ0) is 16.4. The second kappa shape index (κ2) is 10.8. The number of aliphatic hydroxyl groups is 1. The van der Waals surface area contributed by atoms with Gasteiger partial charge in [-0.3, -0.25) is 0 Å². The van der Waals surface area contributed by atoms with Crippen LogP contribution in [0.4, 0.5) is 0 Å². The summed E-state index contributed by atoms with van der Waals surface area (Å²) in [5, 5.41) is 8.83. The summed E-state index contributed by atoms with van der Waals surface area (Å²) in [5.41, 5.74) is 2.25. The van der Waals surface area contributed by atoms with E-state index in [1.807, 2.05) is 12.1 Å². The van der Waals surface area contributed by atoms with Gasteiger partial charge in [-0.1, -0.05) is 37.0 Å². The van der Waals surface area contributed by atoms with Gasteiger partial charge < -0.3 is 14.6 Å². The molecule has 0 saturated heterocycles. The van der Waals surface area contributed by atoms with Crippen molar-refractivity contribution in [3.63, 3.8) is 0 Å². The minimum Gasteiger partial charge on any atom is -0.493 e. The standard InChI is InChI=1S/C17H24Cl2O3/c1-3-13-11-15(21-10-7-16(18)19)12-14(4-2)17(13)22-9-6-5-8-20/h7,11-12,20H,3-6,8-10H2,1-2H3. The van der Waals surface area contributed by atoms with E-state index >= 15 is 0 Å². The van der Waals surface area contributed by atoms with Crippen LogP contribution >= 0.6 is 23.2 Å². The Bertz CT molecular complexity index is 458. The first-order chi connectivity index (χ1) is 10.6. The van der Waals surface area contributed by atoms with E-state index in [1.54, 1.807) is 6.08 Å². The molecule has 22 heavy (non-hydrogen) atoms. The molecule has 0 heterocycles. The Kier molecular flexibility index (Phi) is 9.37. The lowest BCUT2D eigenvalue weighted by Crippen LogP contribution is -2.05. The van der Waals surface area contributed by atoms with Crippen molar-refractivity contribution in [3.05, 3.63) is 33.8 Å². The molecule has 0 spiro atoms. The number of unbranched alkanes of at least 4 members (excludes halogenated alkanes) is 1. The molecule has 1 rings (SSSR count). The second-order valence-electron chi connectivity index (χ2n) is 4.86. The maximum Gasteiger partial charge on any atom is 0.125 e. The van der Waals surface area contributed by atoms with Crippen LogP contribution in [0.25, 0.3) is 0 Å². The van der Waals surface area contributed by atoms with E-state index in [0.29, 0.717) is 13.2 Å². The van der Waals surface area contributed by atoms with Gasteiger partial charge in [-0.05, 0) is 55.0 Å². The van der Waals surface area contributed by atoms with Gasteiger partial charge in [0.05, 0.1) is 6.61 Å². The Morgan fingerprint density at radius 3 is 2.23 bits per heavy atom. The van der Waals surface area contributed by atoms with Crippen LogP contribution in [0.3, 0.4) is 0 Å². The molecule has 0 fully saturated rings. The van der Waals surface area contributed by atoms with Crippen LogP contribution in [0.5, 0.6) is 11.5 Å². The third-order valence-corrected chi connectivity index (χ3v) is 3.57. The number of aliphatic hydroxyl groups excluding tert-OH is 1. The van der Waals surface area contributed by atoms with Crippen molar-refractivity contribution >= 4 is 23.2 Å². The van der Waals surface area contributed by atoms with Crippen molar-refractivity contribution < 1.29 is 14.6 Å². The molecule has 1 aromatic carbocycles. The SMILES string of the molecule is CCc1cc(OCC=C(Cl)Cl)cc(CC)c1OCCCCO. The van der Waals surface area contributed by atoms with Gasteiger partial charge in [0.15, 0.2) is 0 Å². The van der Waals surface area contributed by atoms with E-state index in [9.17, 15) is 0 Å². The molecule has 1 N–H and O–H groups in total. The number of rotatable bonds is 10.